The molecule has 0 aliphatic carbocycles. The molecule has 0 amide bonds. The fourth-order valence-electron chi connectivity index (χ4n) is 1.56. The first-order valence-electron chi connectivity index (χ1n) is 5.83. The molecular formula is C12H19N3O3. The molecule has 1 aromatic rings. The molecule has 18 heavy (non-hydrogen) atoms. The minimum atomic E-state index is -0.380. The van der Waals surface area contributed by atoms with Crippen molar-refractivity contribution in [2.45, 2.75) is 6.92 Å². The number of nitro benzene ring substituents is 1. The lowest BCUT2D eigenvalue weighted by molar-refractivity contribution is -0.384. The lowest BCUT2D eigenvalue weighted by Gasteiger charge is -2.08. The van der Waals surface area contributed by atoms with Crippen LogP contribution in [-0.4, -0.2) is 38.3 Å². The topological polar surface area (TPSA) is 76.4 Å². The Balaban J connectivity index is 2.40. The molecule has 0 bridgehead atoms. The van der Waals surface area contributed by atoms with Gasteiger partial charge in [-0.25, -0.2) is 0 Å². The number of nitro groups is 1. The minimum Gasteiger partial charge on any atom is -0.384 e. The summed E-state index contributed by atoms with van der Waals surface area (Å²) >= 11 is 0. The highest BCUT2D eigenvalue weighted by Crippen LogP contribution is 2.19. The van der Waals surface area contributed by atoms with E-state index in [2.05, 4.69) is 10.6 Å². The third kappa shape index (κ3) is 5.11. The van der Waals surface area contributed by atoms with Crippen molar-refractivity contribution in [3.8, 4) is 0 Å². The highest BCUT2D eigenvalue weighted by molar-refractivity contribution is 5.53. The molecule has 0 aromatic heterocycles. The Morgan fingerprint density at radius 3 is 2.72 bits per heavy atom. The maximum Gasteiger partial charge on any atom is 0.271 e. The van der Waals surface area contributed by atoms with Gasteiger partial charge in [0, 0.05) is 44.6 Å². The number of aryl methyl sites for hydroxylation is 1. The Labute approximate surface area is 106 Å². The summed E-state index contributed by atoms with van der Waals surface area (Å²) in [5, 5.41) is 17.0. The van der Waals surface area contributed by atoms with Crippen molar-refractivity contribution in [2.75, 3.05) is 38.7 Å². The lowest BCUT2D eigenvalue weighted by atomic mass is 10.2. The number of ether oxygens (including phenoxy) is 1. The molecule has 0 atom stereocenters. The van der Waals surface area contributed by atoms with Gasteiger partial charge in [0.05, 0.1) is 11.5 Å². The molecule has 0 radical (unpaired) electrons. The van der Waals surface area contributed by atoms with E-state index in [9.17, 15) is 10.1 Å². The van der Waals surface area contributed by atoms with Crippen LogP contribution in [0.4, 0.5) is 11.4 Å². The van der Waals surface area contributed by atoms with Crippen LogP contribution in [0, 0.1) is 17.0 Å². The van der Waals surface area contributed by atoms with E-state index in [0.29, 0.717) is 13.2 Å². The largest absolute Gasteiger partial charge is 0.384 e. The predicted molar refractivity (Wildman–Crippen MR) is 71.1 cm³/mol. The van der Waals surface area contributed by atoms with Gasteiger partial charge in [-0.3, -0.25) is 10.1 Å². The molecule has 0 saturated carbocycles. The number of methoxy groups -OCH3 is 1. The molecule has 100 valence electrons. The van der Waals surface area contributed by atoms with Crippen LogP contribution in [0.2, 0.25) is 0 Å². The molecule has 6 nitrogen and oxygen atoms in total. The highest BCUT2D eigenvalue weighted by atomic mass is 16.6. The number of non-ortho nitro benzene ring substituents is 1. The summed E-state index contributed by atoms with van der Waals surface area (Å²) in [6.07, 6.45) is 0. The van der Waals surface area contributed by atoms with Gasteiger partial charge >= 0.3 is 0 Å². The second-order valence-corrected chi connectivity index (χ2v) is 3.98. The number of anilines is 1. The maximum atomic E-state index is 10.7. The van der Waals surface area contributed by atoms with Crippen molar-refractivity contribution in [2.24, 2.45) is 0 Å². The average Bonchev–Trinajstić information content (AvgIpc) is 2.33. The van der Waals surface area contributed by atoms with E-state index < -0.39 is 0 Å². The molecule has 0 unspecified atom stereocenters. The van der Waals surface area contributed by atoms with Crippen LogP contribution in [0.5, 0.6) is 0 Å². The summed E-state index contributed by atoms with van der Waals surface area (Å²) in [5.74, 6) is 0. The van der Waals surface area contributed by atoms with Gasteiger partial charge in [-0.1, -0.05) is 0 Å². The van der Waals surface area contributed by atoms with E-state index in [1.807, 2.05) is 13.0 Å². The van der Waals surface area contributed by atoms with Gasteiger partial charge in [-0.15, -0.1) is 0 Å². The van der Waals surface area contributed by atoms with E-state index in [1.54, 1.807) is 19.2 Å². The number of hydrogen-bond acceptors (Lipinski definition) is 5. The summed E-state index contributed by atoms with van der Waals surface area (Å²) < 4.78 is 4.91. The average molecular weight is 253 g/mol. The van der Waals surface area contributed by atoms with Crippen LogP contribution in [0.3, 0.4) is 0 Å². The van der Waals surface area contributed by atoms with Crippen LogP contribution >= 0.6 is 0 Å². The number of rotatable bonds is 8. The van der Waals surface area contributed by atoms with Gasteiger partial charge in [0.25, 0.3) is 5.69 Å². The van der Waals surface area contributed by atoms with Gasteiger partial charge in [-0.05, 0) is 18.6 Å². The van der Waals surface area contributed by atoms with Crippen LogP contribution in [0.25, 0.3) is 0 Å². The van der Waals surface area contributed by atoms with Crippen LogP contribution < -0.4 is 10.6 Å². The van der Waals surface area contributed by atoms with Crippen molar-refractivity contribution in [1.29, 1.82) is 0 Å². The van der Waals surface area contributed by atoms with Crippen molar-refractivity contribution in [1.82, 2.24) is 5.32 Å². The Hall–Kier alpha value is -1.66. The lowest BCUT2D eigenvalue weighted by Crippen LogP contribution is -2.25. The Bertz CT molecular complexity index is 396. The SMILES string of the molecule is COCCNCCNc1cc(C)cc([N+](=O)[O-])c1. The molecule has 0 heterocycles. The maximum absolute atomic E-state index is 10.7. The summed E-state index contributed by atoms with van der Waals surface area (Å²) in [6, 6.07) is 4.99. The molecule has 1 rings (SSSR count). The molecule has 1 aromatic carbocycles. The predicted octanol–water partition coefficient (Wildman–Crippen LogP) is 1.55. The smallest absolute Gasteiger partial charge is 0.271 e. The Morgan fingerprint density at radius 2 is 2.06 bits per heavy atom. The molecule has 2 N–H and O–H groups in total. The van der Waals surface area contributed by atoms with Gasteiger partial charge in [0.15, 0.2) is 0 Å². The number of hydrogen-bond donors (Lipinski definition) is 2. The minimum absolute atomic E-state index is 0.116. The second kappa shape index (κ2) is 7.62. The first kappa shape index (κ1) is 14.4. The van der Waals surface area contributed by atoms with Crippen molar-refractivity contribution in [3.63, 3.8) is 0 Å². The molecular weight excluding hydrogens is 234 g/mol. The van der Waals surface area contributed by atoms with E-state index in [4.69, 9.17) is 4.74 Å². The van der Waals surface area contributed by atoms with Crippen LogP contribution in [0.1, 0.15) is 5.56 Å². The number of nitrogens with zero attached hydrogens (tertiary/aromatic N) is 1. The zero-order valence-corrected chi connectivity index (χ0v) is 10.7. The summed E-state index contributed by atoms with van der Waals surface area (Å²) in [4.78, 5) is 10.3. The zero-order chi connectivity index (χ0) is 13.4. The zero-order valence-electron chi connectivity index (χ0n) is 10.7. The van der Waals surface area contributed by atoms with Crippen LogP contribution in [-0.2, 0) is 4.74 Å². The molecule has 0 aliphatic heterocycles. The van der Waals surface area contributed by atoms with E-state index in [1.165, 1.54) is 0 Å². The third-order valence-electron chi connectivity index (χ3n) is 2.39. The Morgan fingerprint density at radius 1 is 1.28 bits per heavy atom. The molecule has 0 aliphatic rings. The highest BCUT2D eigenvalue weighted by Gasteiger charge is 2.07. The molecule has 0 saturated heterocycles. The van der Waals surface area contributed by atoms with E-state index in [0.717, 1.165) is 24.3 Å². The third-order valence-corrected chi connectivity index (χ3v) is 2.39. The first-order chi connectivity index (χ1) is 8.63. The summed E-state index contributed by atoms with van der Waals surface area (Å²) in [5.41, 5.74) is 1.76. The van der Waals surface area contributed by atoms with Gasteiger partial charge in [0.2, 0.25) is 0 Å². The van der Waals surface area contributed by atoms with Gasteiger partial charge in [0.1, 0.15) is 0 Å². The standard InChI is InChI=1S/C12H19N3O3/c1-10-7-11(9-12(8-10)15(16)17)14-4-3-13-5-6-18-2/h7-9,13-14H,3-6H2,1-2H3. The van der Waals surface area contributed by atoms with Crippen LogP contribution in [0.15, 0.2) is 18.2 Å². The van der Waals surface area contributed by atoms with Crippen molar-refractivity contribution >= 4 is 11.4 Å². The van der Waals surface area contributed by atoms with Crippen molar-refractivity contribution < 1.29 is 9.66 Å². The summed E-state index contributed by atoms with van der Waals surface area (Å²) in [6.45, 7) is 4.81. The second-order valence-electron chi connectivity index (χ2n) is 3.98. The number of nitrogens with one attached hydrogen (secondary N) is 2. The fourth-order valence-corrected chi connectivity index (χ4v) is 1.56. The monoisotopic (exact) mass is 253 g/mol. The summed E-state index contributed by atoms with van der Waals surface area (Å²) in [7, 11) is 1.66. The molecule has 0 fully saturated rings. The molecule has 6 heteroatoms. The van der Waals surface area contributed by atoms with Crippen molar-refractivity contribution in [3.05, 3.63) is 33.9 Å². The normalized spacial score (nSPS) is 10.3. The quantitative estimate of drug-likeness (QED) is 0.417. The van der Waals surface area contributed by atoms with E-state index in [-0.39, 0.29) is 10.6 Å². The number of benzene rings is 1. The Kier molecular flexibility index (Phi) is 6.10. The molecule has 0 spiro atoms. The van der Waals surface area contributed by atoms with Gasteiger partial charge in [-0.2, -0.15) is 0 Å². The first-order valence-corrected chi connectivity index (χ1v) is 5.83. The van der Waals surface area contributed by atoms with Gasteiger partial charge < -0.3 is 15.4 Å². The van der Waals surface area contributed by atoms with E-state index >= 15 is 0 Å². The fraction of sp³-hybridized carbons (Fsp3) is 0.500.